The zero-order valence-electron chi connectivity index (χ0n) is 13.6. The van der Waals surface area contributed by atoms with Crippen molar-refractivity contribution >= 4 is 11.7 Å². The van der Waals surface area contributed by atoms with Crippen LogP contribution in [0.5, 0.6) is 0 Å². The van der Waals surface area contributed by atoms with Gasteiger partial charge in [-0.05, 0) is 37.1 Å². The summed E-state index contributed by atoms with van der Waals surface area (Å²) in [4.78, 5) is 14.4. The monoisotopic (exact) mass is 323 g/mol. The van der Waals surface area contributed by atoms with Gasteiger partial charge in [-0.15, -0.1) is 0 Å². The molecule has 24 heavy (non-hydrogen) atoms. The summed E-state index contributed by atoms with van der Waals surface area (Å²) < 4.78 is 0. The average molecular weight is 323 g/mol. The molecule has 124 valence electrons. The summed E-state index contributed by atoms with van der Waals surface area (Å²) in [5.41, 5.74) is 2.09. The summed E-state index contributed by atoms with van der Waals surface area (Å²) in [5, 5.41) is 21.0. The lowest BCUT2D eigenvalue weighted by molar-refractivity contribution is 0.169. The molecule has 0 fully saturated rings. The Labute approximate surface area is 142 Å². The lowest BCUT2D eigenvalue weighted by Gasteiger charge is -2.29. The second-order valence-corrected chi connectivity index (χ2v) is 5.60. The summed E-state index contributed by atoms with van der Waals surface area (Å²) in [6.45, 7) is 2.37. The van der Waals surface area contributed by atoms with E-state index in [0.29, 0.717) is 24.2 Å². The molecule has 5 nitrogen and oxygen atoms in total. The van der Waals surface area contributed by atoms with Gasteiger partial charge in [0.2, 0.25) is 0 Å². The Hall–Kier alpha value is -2.84. The van der Waals surface area contributed by atoms with Crippen molar-refractivity contribution in [3.8, 4) is 6.07 Å². The quantitative estimate of drug-likeness (QED) is 0.856. The maximum absolute atomic E-state index is 12.7. The van der Waals surface area contributed by atoms with Crippen LogP contribution in [0.1, 0.15) is 24.5 Å². The maximum atomic E-state index is 12.7. The molecule has 0 bridgehead atoms. The van der Waals surface area contributed by atoms with Crippen molar-refractivity contribution in [3.63, 3.8) is 0 Å². The third-order valence-corrected chi connectivity index (χ3v) is 3.78. The number of carbonyl (C=O) groups is 1. The van der Waals surface area contributed by atoms with Crippen molar-refractivity contribution in [1.82, 2.24) is 4.90 Å². The van der Waals surface area contributed by atoms with Crippen LogP contribution in [-0.4, -0.2) is 28.7 Å². The van der Waals surface area contributed by atoms with E-state index in [2.05, 4.69) is 11.4 Å². The number of aliphatic hydroxyl groups is 1. The van der Waals surface area contributed by atoms with Crippen molar-refractivity contribution in [1.29, 1.82) is 5.26 Å². The first kappa shape index (κ1) is 17.5. The van der Waals surface area contributed by atoms with Crippen LogP contribution in [0, 0.1) is 11.3 Å². The molecule has 1 unspecified atom stereocenters. The molecule has 2 amide bonds. The van der Waals surface area contributed by atoms with Gasteiger partial charge >= 0.3 is 6.03 Å². The number of rotatable bonds is 6. The Kier molecular flexibility index (Phi) is 6.35. The topological polar surface area (TPSA) is 76.4 Å². The van der Waals surface area contributed by atoms with Gasteiger partial charge in [-0.25, -0.2) is 4.79 Å². The van der Waals surface area contributed by atoms with Gasteiger partial charge in [-0.2, -0.15) is 5.26 Å². The van der Waals surface area contributed by atoms with Crippen molar-refractivity contribution < 1.29 is 9.90 Å². The molecule has 2 aromatic rings. The van der Waals surface area contributed by atoms with Gasteiger partial charge in [-0.1, -0.05) is 36.4 Å². The number of nitrogens with one attached hydrogen (secondary N) is 1. The van der Waals surface area contributed by atoms with Gasteiger partial charge in [0, 0.05) is 24.9 Å². The highest BCUT2D eigenvalue weighted by Gasteiger charge is 2.20. The Bertz CT molecular complexity index is 710. The van der Waals surface area contributed by atoms with E-state index in [9.17, 15) is 9.90 Å². The zero-order chi connectivity index (χ0) is 17.4. The number of urea groups is 1. The van der Waals surface area contributed by atoms with Gasteiger partial charge in [-0.3, -0.25) is 0 Å². The van der Waals surface area contributed by atoms with Crippen LogP contribution in [0.3, 0.4) is 0 Å². The normalized spacial score (nSPS) is 11.4. The molecular weight excluding hydrogens is 302 g/mol. The maximum Gasteiger partial charge on any atom is 0.322 e. The Morgan fingerprint density at radius 2 is 2.00 bits per heavy atom. The second kappa shape index (κ2) is 8.70. The molecule has 0 saturated carbocycles. The second-order valence-electron chi connectivity index (χ2n) is 5.60. The van der Waals surface area contributed by atoms with Gasteiger partial charge in [0.15, 0.2) is 0 Å². The minimum absolute atomic E-state index is 0.0175. The molecule has 2 aromatic carbocycles. The van der Waals surface area contributed by atoms with E-state index < -0.39 is 0 Å². The fourth-order valence-electron chi connectivity index (χ4n) is 2.41. The van der Waals surface area contributed by atoms with Crippen LogP contribution in [-0.2, 0) is 6.54 Å². The van der Waals surface area contributed by atoms with Gasteiger partial charge in [0.05, 0.1) is 11.6 Å². The van der Waals surface area contributed by atoms with E-state index in [-0.39, 0.29) is 18.7 Å². The molecule has 1 atom stereocenters. The predicted molar refractivity (Wildman–Crippen MR) is 93.3 cm³/mol. The average Bonchev–Trinajstić information content (AvgIpc) is 2.60. The summed E-state index contributed by atoms with van der Waals surface area (Å²) in [6, 6.07) is 18.2. The van der Waals surface area contributed by atoms with E-state index >= 15 is 0 Å². The first-order valence-corrected chi connectivity index (χ1v) is 7.86. The molecule has 0 heterocycles. The molecule has 0 aliphatic carbocycles. The number of hydrogen-bond donors (Lipinski definition) is 2. The third kappa shape index (κ3) is 4.83. The van der Waals surface area contributed by atoms with E-state index in [1.807, 2.05) is 37.3 Å². The number of benzene rings is 2. The molecule has 0 radical (unpaired) electrons. The van der Waals surface area contributed by atoms with Crippen molar-refractivity contribution in [2.45, 2.75) is 25.9 Å². The fraction of sp³-hybridized carbons (Fsp3) is 0.263. The predicted octanol–water partition coefficient (Wildman–Crippen LogP) is 3.36. The van der Waals surface area contributed by atoms with Crippen LogP contribution in [0.4, 0.5) is 10.5 Å². The highest BCUT2D eigenvalue weighted by molar-refractivity contribution is 5.89. The van der Waals surface area contributed by atoms with Crippen molar-refractivity contribution in [2.24, 2.45) is 0 Å². The summed E-state index contributed by atoms with van der Waals surface area (Å²) >= 11 is 0. The van der Waals surface area contributed by atoms with E-state index in [4.69, 9.17) is 5.26 Å². The summed E-state index contributed by atoms with van der Waals surface area (Å²) in [5.74, 6) is 0. The number of amides is 2. The number of anilines is 1. The Balaban J connectivity index is 2.15. The molecular formula is C19H21N3O2. The number of carbonyl (C=O) groups excluding carboxylic acids is 1. The summed E-state index contributed by atoms with van der Waals surface area (Å²) in [6.07, 6.45) is 0.499. The van der Waals surface area contributed by atoms with Crippen LogP contribution >= 0.6 is 0 Å². The smallest absolute Gasteiger partial charge is 0.322 e. The molecule has 0 spiro atoms. The SMILES string of the molecule is CC(CCO)N(Cc1ccccc1)C(=O)Nc1cccc(C#N)c1. The van der Waals surface area contributed by atoms with Gasteiger partial charge in [0.1, 0.15) is 0 Å². The van der Waals surface area contributed by atoms with Crippen molar-refractivity contribution in [3.05, 3.63) is 65.7 Å². The minimum Gasteiger partial charge on any atom is -0.396 e. The van der Waals surface area contributed by atoms with E-state index in [0.717, 1.165) is 5.56 Å². The highest BCUT2D eigenvalue weighted by atomic mass is 16.3. The highest BCUT2D eigenvalue weighted by Crippen LogP contribution is 2.15. The number of aliphatic hydroxyl groups excluding tert-OH is 1. The standard InChI is InChI=1S/C19H21N3O2/c1-15(10-11-23)22(14-16-6-3-2-4-7-16)19(24)21-18-9-5-8-17(12-18)13-20/h2-9,12,15,23H,10-11,14H2,1H3,(H,21,24). The molecule has 0 aromatic heterocycles. The Morgan fingerprint density at radius 3 is 2.67 bits per heavy atom. The number of hydrogen-bond acceptors (Lipinski definition) is 3. The third-order valence-electron chi connectivity index (χ3n) is 3.78. The fourth-order valence-corrected chi connectivity index (χ4v) is 2.41. The number of nitriles is 1. The van der Waals surface area contributed by atoms with E-state index in [1.54, 1.807) is 29.2 Å². The van der Waals surface area contributed by atoms with Crippen LogP contribution < -0.4 is 5.32 Å². The van der Waals surface area contributed by atoms with Crippen LogP contribution in [0.15, 0.2) is 54.6 Å². The minimum atomic E-state index is -0.255. The van der Waals surface area contributed by atoms with Gasteiger partial charge < -0.3 is 15.3 Å². The molecule has 0 aliphatic rings. The number of nitrogens with zero attached hydrogens (tertiary/aromatic N) is 2. The molecule has 2 N–H and O–H groups in total. The Morgan fingerprint density at radius 1 is 1.25 bits per heavy atom. The lowest BCUT2D eigenvalue weighted by atomic mass is 10.1. The molecule has 0 saturated heterocycles. The largest absolute Gasteiger partial charge is 0.396 e. The zero-order valence-corrected chi connectivity index (χ0v) is 13.6. The van der Waals surface area contributed by atoms with Crippen LogP contribution in [0.25, 0.3) is 0 Å². The summed E-state index contributed by atoms with van der Waals surface area (Å²) in [7, 11) is 0. The lowest BCUT2D eigenvalue weighted by Crippen LogP contribution is -2.41. The first-order chi connectivity index (χ1) is 11.6. The molecule has 0 aliphatic heterocycles. The van der Waals surface area contributed by atoms with Crippen LogP contribution in [0.2, 0.25) is 0 Å². The molecule has 2 rings (SSSR count). The molecule has 5 heteroatoms. The van der Waals surface area contributed by atoms with Gasteiger partial charge in [0.25, 0.3) is 0 Å². The van der Waals surface area contributed by atoms with Crippen molar-refractivity contribution in [2.75, 3.05) is 11.9 Å². The van der Waals surface area contributed by atoms with E-state index in [1.165, 1.54) is 0 Å². The first-order valence-electron chi connectivity index (χ1n) is 7.86.